The average Bonchev–Trinajstić information content (AvgIpc) is 2.28. The topological polar surface area (TPSA) is 49.4 Å². The van der Waals surface area contributed by atoms with Crippen LogP contribution in [0.4, 0.5) is 0 Å². The zero-order valence-corrected chi connectivity index (χ0v) is 11.0. The molecule has 2 rings (SSSR count). The van der Waals surface area contributed by atoms with Crippen LogP contribution in [-0.2, 0) is 16.1 Å². The van der Waals surface area contributed by atoms with Gasteiger partial charge in [0.25, 0.3) is 0 Å². The van der Waals surface area contributed by atoms with Crippen LogP contribution in [-0.4, -0.2) is 29.3 Å². The maximum atomic E-state index is 11.8. The van der Waals surface area contributed by atoms with Crippen LogP contribution >= 0.6 is 15.9 Å². The van der Waals surface area contributed by atoms with E-state index in [0.29, 0.717) is 6.54 Å². The van der Waals surface area contributed by atoms with Gasteiger partial charge >= 0.3 is 0 Å². The molecule has 1 heterocycles. The number of rotatable bonds is 2. The van der Waals surface area contributed by atoms with E-state index in [-0.39, 0.29) is 18.4 Å². The number of carbonyl (C=O) groups is 2. The molecule has 1 N–H and O–H groups in total. The number of carbonyl (C=O) groups excluding carboxylic acids is 2. The van der Waals surface area contributed by atoms with E-state index in [4.69, 9.17) is 0 Å². The van der Waals surface area contributed by atoms with Crippen LogP contribution in [0.15, 0.2) is 28.7 Å². The summed E-state index contributed by atoms with van der Waals surface area (Å²) in [6.45, 7) is 2.32. The smallest absolute Gasteiger partial charge is 0.245 e. The van der Waals surface area contributed by atoms with Gasteiger partial charge in [0.15, 0.2) is 0 Å². The van der Waals surface area contributed by atoms with E-state index in [9.17, 15) is 9.59 Å². The molecule has 0 radical (unpaired) electrons. The van der Waals surface area contributed by atoms with E-state index >= 15 is 0 Å². The van der Waals surface area contributed by atoms with Gasteiger partial charge in [-0.3, -0.25) is 9.59 Å². The van der Waals surface area contributed by atoms with Gasteiger partial charge in [-0.05, 0) is 24.6 Å². The third-order valence-electron chi connectivity index (χ3n) is 2.68. The Kier molecular flexibility index (Phi) is 3.47. The highest BCUT2D eigenvalue weighted by Gasteiger charge is 2.29. The first-order chi connectivity index (χ1) is 8.06. The normalized spacial score (nSPS) is 20.4. The van der Waals surface area contributed by atoms with E-state index in [1.54, 1.807) is 11.8 Å². The van der Waals surface area contributed by atoms with Gasteiger partial charge in [0.1, 0.15) is 6.04 Å². The third-order valence-corrected chi connectivity index (χ3v) is 3.21. The van der Waals surface area contributed by atoms with Crippen molar-refractivity contribution in [2.45, 2.75) is 19.5 Å². The maximum Gasteiger partial charge on any atom is 0.245 e. The Hall–Kier alpha value is -1.36. The van der Waals surface area contributed by atoms with Crippen molar-refractivity contribution in [2.24, 2.45) is 0 Å². The van der Waals surface area contributed by atoms with Gasteiger partial charge in [0, 0.05) is 11.0 Å². The summed E-state index contributed by atoms with van der Waals surface area (Å²) in [6, 6.07) is 7.30. The fourth-order valence-electron chi connectivity index (χ4n) is 1.82. The molecule has 5 heteroatoms. The summed E-state index contributed by atoms with van der Waals surface area (Å²) in [5.74, 6) is -0.137. The number of hydrogen-bond acceptors (Lipinski definition) is 2. The molecule has 90 valence electrons. The molecule has 1 aliphatic heterocycles. The third kappa shape index (κ3) is 2.85. The van der Waals surface area contributed by atoms with Crippen LogP contribution in [0.5, 0.6) is 0 Å². The molecule has 1 aromatic carbocycles. The largest absolute Gasteiger partial charge is 0.343 e. The Labute approximate surface area is 108 Å². The Balaban J connectivity index is 2.09. The van der Waals surface area contributed by atoms with Gasteiger partial charge in [-0.1, -0.05) is 28.1 Å². The molecule has 4 nitrogen and oxygen atoms in total. The number of nitrogens with zero attached hydrogens (tertiary/aromatic N) is 1. The van der Waals surface area contributed by atoms with Crippen molar-refractivity contribution in [1.82, 2.24) is 10.2 Å². The fourth-order valence-corrected chi connectivity index (χ4v) is 2.08. The summed E-state index contributed by atoms with van der Waals surface area (Å²) in [7, 11) is 0. The molecular formula is C12H13BrN2O2. The number of piperazine rings is 1. The maximum absolute atomic E-state index is 11.8. The van der Waals surface area contributed by atoms with Crippen LogP contribution in [0, 0.1) is 0 Å². The van der Waals surface area contributed by atoms with Crippen molar-refractivity contribution < 1.29 is 9.59 Å². The van der Waals surface area contributed by atoms with E-state index in [0.717, 1.165) is 10.0 Å². The first kappa shape index (κ1) is 12.1. The van der Waals surface area contributed by atoms with Gasteiger partial charge in [-0.2, -0.15) is 0 Å². The number of benzene rings is 1. The number of halogens is 1. The molecule has 1 saturated heterocycles. The van der Waals surface area contributed by atoms with Crippen molar-refractivity contribution in [1.29, 1.82) is 0 Å². The molecule has 0 bridgehead atoms. The molecule has 1 unspecified atom stereocenters. The zero-order valence-electron chi connectivity index (χ0n) is 9.44. The molecule has 0 aliphatic carbocycles. The highest BCUT2D eigenvalue weighted by atomic mass is 79.9. The van der Waals surface area contributed by atoms with E-state index in [2.05, 4.69) is 21.2 Å². The van der Waals surface area contributed by atoms with Crippen molar-refractivity contribution in [3.8, 4) is 0 Å². The van der Waals surface area contributed by atoms with Crippen LogP contribution < -0.4 is 5.32 Å². The molecule has 2 amide bonds. The predicted molar refractivity (Wildman–Crippen MR) is 67.2 cm³/mol. The van der Waals surface area contributed by atoms with Crippen LogP contribution in [0.25, 0.3) is 0 Å². The second-order valence-corrected chi connectivity index (χ2v) is 5.03. The second-order valence-electron chi connectivity index (χ2n) is 4.11. The Bertz CT molecular complexity index is 444. The predicted octanol–water partition coefficient (Wildman–Crippen LogP) is 1.30. The number of hydrogen-bond donors (Lipinski definition) is 1. The lowest BCUT2D eigenvalue weighted by molar-refractivity contribution is -0.144. The summed E-state index contributed by atoms with van der Waals surface area (Å²) < 4.78 is 0.998. The van der Waals surface area contributed by atoms with Crippen LogP contribution in [0.2, 0.25) is 0 Å². The SMILES string of the molecule is CC1NC(=O)CN(Cc2ccc(Br)cc2)C1=O. The van der Waals surface area contributed by atoms with Gasteiger partial charge in [0.2, 0.25) is 11.8 Å². The van der Waals surface area contributed by atoms with Gasteiger partial charge in [0.05, 0.1) is 6.54 Å². The minimum absolute atomic E-state index is 0.0347. The molecule has 0 spiro atoms. The van der Waals surface area contributed by atoms with Crippen LogP contribution in [0.1, 0.15) is 12.5 Å². The average molecular weight is 297 g/mol. The molecule has 1 atom stereocenters. The van der Waals surface area contributed by atoms with E-state index in [1.165, 1.54) is 0 Å². The van der Waals surface area contributed by atoms with E-state index < -0.39 is 6.04 Å². The summed E-state index contributed by atoms with van der Waals surface area (Å²) in [5, 5.41) is 2.62. The highest BCUT2D eigenvalue weighted by molar-refractivity contribution is 9.10. The Morgan fingerprint density at radius 2 is 2.00 bits per heavy atom. The zero-order chi connectivity index (χ0) is 12.4. The number of nitrogens with one attached hydrogen (secondary N) is 1. The van der Waals surface area contributed by atoms with Crippen molar-refractivity contribution in [3.63, 3.8) is 0 Å². The van der Waals surface area contributed by atoms with Crippen molar-refractivity contribution in [2.75, 3.05) is 6.54 Å². The van der Waals surface area contributed by atoms with Crippen molar-refractivity contribution in [3.05, 3.63) is 34.3 Å². The summed E-state index contributed by atoms with van der Waals surface area (Å²) in [6.07, 6.45) is 0. The van der Waals surface area contributed by atoms with E-state index in [1.807, 2.05) is 24.3 Å². The van der Waals surface area contributed by atoms with Gasteiger partial charge in [-0.25, -0.2) is 0 Å². The van der Waals surface area contributed by atoms with Gasteiger partial charge in [-0.15, -0.1) is 0 Å². The standard InChI is InChI=1S/C12H13BrN2O2/c1-8-12(17)15(7-11(16)14-8)6-9-2-4-10(13)5-3-9/h2-5,8H,6-7H2,1H3,(H,14,16). The Morgan fingerprint density at radius 3 is 2.65 bits per heavy atom. The lowest BCUT2D eigenvalue weighted by Crippen LogP contribution is -2.56. The molecule has 0 aromatic heterocycles. The first-order valence-electron chi connectivity index (χ1n) is 5.39. The highest BCUT2D eigenvalue weighted by Crippen LogP contribution is 2.13. The molecule has 1 fully saturated rings. The summed E-state index contributed by atoms with van der Waals surface area (Å²) >= 11 is 3.36. The lowest BCUT2D eigenvalue weighted by atomic mass is 10.1. The van der Waals surface area contributed by atoms with Crippen LogP contribution in [0.3, 0.4) is 0 Å². The minimum atomic E-state index is -0.424. The summed E-state index contributed by atoms with van der Waals surface area (Å²) in [4.78, 5) is 24.8. The number of amides is 2. The molecule has 17 heavy (non-hydrogen) atoms. The lowest BCUT2D eigenvalue weighted by Gasteiger charge is -2.30. The molecular weight excluding hydrogens is 284 g/mol. The summed E-state index contributed by atoms with van der Waals surface area (Å²) in [5.41, 5.74) is 1.02. The first-order valence-corrected chi connectivity index (χ1v) is 6.18. The fraction of sp³-hybridized carbons (Fsp3) is 0.333. The quantitative estimate of drug-likeness (QED) is 0.894. The second kappa shape index (κ2) is 4.87. The molecule has 1 aliphatic rings. The molecule has 0 saturated carbocycles. The van der Waals surface area contributed by atoms with Gasteiger partial charge < -0.3 is 10.2 Å². The minimum Gasteiger partial charge on any atom is -0.343 e. The Morgan fingerprint density at radius 1 is 1.35 bits per heavy atom. The monoisotopic (exact) mass is 296 g/mol. The van der Waals surface area contributed by atoms with Crippen molar-refractivity contribution >= 4 is 27.7 Å². The molecule has 1 aromatic rings.